The summed E-state index contributed by atoms with van der Waals surface area (Å²) in [7, 11) is 4.81. The molecule has 0 aromatic carbocycles. The molecule has 2 atom stereocenters. The smallest absolute Gasteiger partial charge is 0.248 e. The molecule has 1 aliphatic rings. The summed E-state index contributed by atoms with van der Waals surface area (Å²) in [5, 5.41) is 5.79. The topological polar surface area (TPSA) is 56.6 Å². The highest BCUT2D eigenvalue weighted by Crippen LogP contribution is 2.38. The van der Waals surface area contributed by atoms with Gasteiger partial charge in [0.15, 0.2) is 0 Å². The molecule has 1 heterocycles. The number of hydrogen-bond donors (Lipinski definition) is 0. The van der Waals surface area contributed by atoms with E-state index in [9.17, 15) is 4.79 Å². The quantitative estimate of drug-likeness (QED) is 0.756. The minimum Gasteiger partial charge on any atom is -0.362 e. The van der Waals surface area contributed by atoms with Gasteiger partial charge in [-0.1, -0.05) is 0 Å². The molecule has 1 aliphatic carbocycles. The highest BCUT2D eigenvalue weighted by atomic mass is 16.7. The molecule has 1 fully saturated rings. The molecular weight excluding hydrogens is 246 g/mol. The Morgan fingerprint density at radius 2 is 2.32 bits per heavy atom. The van der Waals surface area contributed by atoms with Crippen LogP contribution in [0, 0.1) is 5.92 Å². The summed E-state index contributed by atoms with van der Waals surface area (Å²) in [5.74, 6) is 0.459. The predicted molar refractivity (Wildman–Crippen MR) is 69.1 cm³/mol. The van der Waals surface area contributed by atoms with Crippen molar-refractivity contribution in [1.82, 2.24) is 14.8 Å². The number of rotatable bonds is 5. The van der Waals surface area contributed by atoms with Gasteiger partial charge in [-0.3, -0.25) is 9.63 Å². The maximum absolute atomic E-state index is 12.0. The predicted octanol–water partition coefficient (Wildman–Crippen LogP) is 1.39. The van der Waals surface area contributed by atoms with Gasteiger partial charge in [-0.15, -0.1) is 0 Å². The second kappa shape index (κ2) is 6.16. The van der Waals surface area contributed by atoms with Crippen molar-refractivity contribution >= 4 is 5.91 Å². The van der Waals surface area contributed by atoms with Gasteiger partial charge >= 0.3 is 0 Å². The third kappa shape index (κ3) is 3.13. The molecule has 6 heteroatoms. The van der Waals surface area contributed by atoms with E-state index in [-0.39, 0.29) is 11.8 Å². The zero-order chi connectivity index (χ0) is 13.8. The van der Waals surface area contributed by atoms with E-state index in [1.165, 1.54) is 12.2 Å². The van der Waals surface area contributed by atoms with Gasteiger partial charge in [-0.2, -0.15) is 5.10 Å². The summed E-state index contributed by atoms with van der Waals surface area (Å²) >= 11 is 0. The van der Waals surface area contributed by atoms with Crippen molar-refractivity contribution in [2.45, 2.75) is 31.9 Å². The van der Waals surface area contributed by atoms with Crippen molar-refractivity contribution in [1.29, 1.82) is 0 Å². The zero-order valence-corrected chi connectivity index (χ0v) is 11.7. The SMILES string of the molecule is COCn1ccc(C2CCC(C(=O)N(C)OC)C2)n1. The highest BCUT2D eigenvalue weighted by molar-refractivity contribution is 5.78. The lowest BCUT2D eigenvalue weighted by molar-refractivity contribution is -0.173. The lowest BCUT2D eigenvalue weighted by Gasteiger charge is -2.18. The van der Waals surface area contributed by atoms with Crippen LogP contribution in [0.25, 0.3) is 0 Å². The van der Waals surface area contributed by atoms with Crippen molar-refractivity contribution in [2.75, 3.05) is 21.3 Å². The number of methoxy groups -OCH3 is 1. The first-order valence-electron chi connectivity index (χ1n) is 6.49. The first-order valence-corrected chi connectivity index (χ1v) is 6.49. The molecule has 6 nitrogen and oxygen atoms in total. The summed E-state index contributed by atoms with van der Waals surface area (Å²) in [6.45, 7) is 0.460. The van der Waals surface area contributed by atoms with Crippen LogP contribution in [-0.2, 0) is 21.1 Å². The number of hydroxylamine groups is 2. The molecule has 1 amide bonds. The molecule has 2 rings (SSSR count). The van der Waals surface area contributed by atoms with E-state index in [1.54, 1.807) is 18.8 Å². The Morgan fingerprint density at radius 3 is 3.00 bits per heavy atom. The van der Waals surface area contributed by atoms with Crippen LogP contribution in [0.1, 0.15) is 30.9 Å². The molecule has 2 unspecified atom stereocenters. The Morgan fingerprint density at radius 1 is 1.53 bits per heavy atom. The fraction of sp³-hybridized carbons (Fsp3) is 0.692. The standard InChI is InChI=1S/C13H21N3O3/c1-15(19-3)13(17)11-5-4-10(8-11)12-6-7-16(14-12)9-18-2/h6-7,10-11H,4-5,8-9H2,1-3H3. The Balaban J connectivity index is 1.95. The molecular formula is C13H21N3O3. The fourth-order valence-corrected chi connectivity index (χ4v) is 2.62. The molecule has 19 heavy (non-hydrogen) atoms. The van der Waals surface area contributed by atoms with E-state index in [1.807, 2.05) is 12.3 Å². The van der Waals surface area contributed by atoms with Gasteiger partial charge < -0.3 is 4.74 Å². The van der Waals surface area contributed by atoms with E-state index in [4.69, 9.17) is 9.57 Å². The van der Waals surface area contributed by atoms with Gasteiger partial charge in [0.2, 0.25) is 5.91 Å². The number of hydrogen-bond acceptors (Lipinski definition) is 4. The second-order valence-corrected chi connectivity index (χ2v) is 4.92. The number of nitrogens with zero attached hydrogens (tertiary/aromatic N) is 3. The average Bonchev–Trinajstić information content (AvgIpc) is 3.05. The molecule has 0 N–H and O–H groups in total. The van der Waals surface area contributed by atoms with Crippen LogP contribution >= 0.6 is 0 Å². The molecule has 0 aliphatic heterocycles. The number of amides is 1. The van der Waals surface area contributed by atoms with Crippen LogP contribution in [-0.4, -0.2) is 42.0 Å². The number of carbonyl (C=O) groups excluding carboxylic acids is 1. The van der Waals surface area contributed by atoms with E-state index in [0.29, 0.717) is 12.6 Å². The Hall–Kier alpha value is -1.40. The van der Waals surface area contributed by atoms with Crippen molar-refractivity contribution in [2.24, 2.45) is 5.92 Å². The third-order valence-electron chi connectivity index (χ3n) is 3.71. The van der Waals surface area contributed by atoms with Gasteiger partial charge in [0.1, 0.15) is 6.73 Å². The van der Waals surface area contributed by atoms with Gasteiger partial charge in [0.05, 0.1) is 12.8 Å². The normalized spacial score (nSPS) is 22.7. The minimum atomic E-state index is 0.0440. The lowest BCUT2D eigenvalue weighted by Crippen LogP contribution is -2.30. The lowest BCUT2D eigenvalue weighted by atomic mass is 10.0. The number of ether oxygens (including phenoxy) is 1. The summed E-state index contributed by atoms with van der Waals surface area (Å²) in [5.41, 5.74) is 1.05. The van der Waals surface area contributed by atoms with Crippen LogP contribution < -0.4 is 0 Å². The third-order valence-corrected chi connectivity index (χ3v) is 3.71. The van der Waals surface area contributed by atoms with Gasteiger partial charge in [0.25, 0.3) is 0 Å². The molecule has 0 radical (unpaired) electrons. The van der Waals surface area contributed by atoms with Crippen molar-refractivity contribution < 1.29 is 14.4 Å². The van der Waals surface area contributed by atoms with Crippen LogP contribution in [0.15, 0.2) is 12.3 Å². The van der Waals surface area contributed by atoms with Gasteiger partial charge in [-0.25, -0.2) is 9.75 Å². The second-order valence-electron chi connectivity index (χ2n) is 4.92. The number of aromatic nitrogens is 2. The average molecular weight is 267 g/mol. The van der Waals surface area contributed by atoms with Crippen molar-refractivity contribution in [3.05, 3.63) is 18.0 Å². The van der Waals surface area contributed by atoms with Gasteiger partial charge in [0, 0.05) is 32.2 Å². The summed E-state index contributed by atoms with van der Waals surface area (Å²) in [6, 6.07) is 2.01. The largest absolute Gasteiger partial charge is 0.362 e. The Labute approximate surface area is 113 Å². The summed E-state index contributed by atoms with van der Waals surface area (Å²) in [6.07, 6.45) is 4.65. The summed E-state index contributed by atoms with van der Waals surface area (Å²) < 4.78 is 6.80. The Kier molecular flexibility index (Phi) is 4.55. The van der Waals surface area contributed by atoms with Crippen LogP contribution in [0.2, 0.25) is 0 Å². The van der Waals surface area contributed by atoms with Gasteiger partial charge in [-0.05, 0) is 25.3 Å². The fourth-order valence-electron chi connectivity index (χ4n) is 2.62. The van der Waals surface area contributed by atoms with Crippen LogP contribution in [0.3, 0.4) is 0 Å². The maximum Gasteiger partial charge on any atom is 0.248 e. The molecule has 1 aromatic heterocycles. The molecule has 0 spiro atoms. The maximum atomic E-state index is 12.0. The Bertz CT molecular complexity index is 433. The van der Waals surface area contributed by atoms with E-state index >= 15 is 0 Å². The van der Waals surface area contributed by atoms with Crippen molar-refractivity contribution in [3.8, 4) is 0 Å². The first kappa shape index (κ1) is 14.0. The van der Waals surface area contributed by atoms with E-state index in [2.05, 4.69) is 5.10 Å². The van der Waals surface area contributed by atoms with Crippen LogP contribution in [0.5, 0.6) is 0 Å². The van der Waals surface area contributed by atoms with E-state index in [0.717, 1.165) is 25.0 Å². The van der Waals surface area contributed by atoms with Crippen molar-refractivity contribution in [3.63, 3.8) is 0 Å². The first-order chi connectivity index (χ1) is 9.15. The van der Waals surface area contributed by atoms with E-state index < -0.39 is 0 Å². The minimum absolute atomic E-state index is 0.0440. The number of carbonyl (C=O) groups is 1. The molecule has 0 bridgehead atoms. The van der Waals surface area contributed by atoms with Crippen LogP contribution in [0.4, 0.5) is 0 Å². The monoisotopic (exact) mass is 267 g/mol. The molecule has 106 valence electrons. The molecule has 0 saturated heterocycles. The zero-order valence-electron chi connectivity index (χ0n) is 11.7. The molecule has 1 saturated carbocycles. The summed E-state index contributed by atoms with van der Waals surface area (Å²) in [4.78, 5) is 17.0. The molecule has 1 aromatic rings. The highest BCUT2D eigenvalue weighted by Gasteiger charge is 2.33.